The van der Waals surface area contributed by atoms with E-state index in [1.807, 2.05) is 0 Å². The first kappa shape index (κ1) is 14.1. The van der Waals surface area contributed by atoms with Crippen LogP contribution >= 0.6 is 0 Å². The third kappa shape index (κ3) is 3.60. The van der Waals surface area contributed by atoms with Gasteiger partial charge in [0.05, 0.1) is 13.2 Å². The smallest absolute Gasteiger partial charge is 0.0594 e. The molecule has 1 aromatic rings. The molecule has 2 heterocycles. The monoisotopic (exact) mass is 274 g/mol. The lowest BCUT2D eigenvalue weighted by molar-refractivity contribution is -0.00358. The fourth-order valence-corrected chi connectivity index (χ4v) is 3.48. The van der Waals surface area contributed by atoms with Crippen molar-refractivity contribution in [2.45, 2.75) is 32.4 Å². The van der Waals surface area contributed by atoms with Crippen LogP contribution in [0.1, 0.15) is 24.0 Å². The molecule has 2 aliphatic heterocycles. The number of benzene rings is 1. The highest BCUT2D eigenvalue weighted by molar-refractivity contribution is 5.22. The van der Waals surface area contributed by atoms with Crippen molar-refractivity contribution in [1.29, 1.82) is 0 Å². The number of hydrogen-bond acceptors (Lipinski definition) is 3. The summed E-state index contributed by atoms with van der Waals surface area (Å²) in [5.41, 5.74) is 2.82. The normalized spacial score (nSPS) is 25.8. The van der Waals surface area contributed by atoms with Crippen LogP contribution in [-0.2, 0) is 11.3 Å². The third-order valence-electron chi connectivity index (χ3n) is 4.53. The molecule has 110 valence electrons. The summed E-state index contributed by atoms with van der Waals surface area (Å²) >= 11 is 0. The zero-order chi connectivity index (χ0) is 13.8. The Morgan fingerprint density at radius 1 is 1.20 bits per heavy atom. The standard InChI is InChI=1S/C17H26N2O/c1-15-4-2-5-16(12-15)13-18-7-3-6-17(14-18)19-8-10-20-11-9-19/h2,4-5,12,17H,3,6-11,13-14H2,1H3. The van der Waals surface area contributed by atoms with Gasteiger partial charge in [0.15, 0.2) is 0 Å². The molecule has 0 spiro atoms. The van der Waals surface area contributed by atoms with E-state index in [2.05, 4.69) is 41.0 Å². The SMILES string of the molecule is Cc1cccc(CN2CCCC(N3CCOCC3)C2)c1. The average Bonchev–Trinajstić information content (AvgIpc) is 2.48. The molecule has 1 atom stereocenters. The predicted octanol–water partition coefficient (Wildman–Crippen LogP) is 2.29. The largest absolute Gasteiger partial charge is 0.379 e. The predicted molar refractivity (Wildman–Crippen MR) is 81.9 cm³/mol. The lowest BCUT2D eigenvalue weighted by Crippen LogP contribution is -2.51. The molecule has 0 amide bonds. The number of morpholine rings is 1. The van der Waals surface area contributed by atoms with E-state index in [0.29, 0.717) is 0 Å². The zero-order valence-electron chi connectivity index (χ0n) is 12.6. The van der Waals surface area contributed by atoms with Crippen molar-refractivity contribution in [2.75, 3.05) is 39.4 Å². The maximum absolute atomic E-state index is 5.47. The lowest BCUT2D eigenvalue weighted by atomic mass is 10.0. The molecular weight excluding hydrogens is 248 g/mol. The molecule has 20 heavy (non-hydrogen) atoms. The summed E-state index contributed by atoms with van der Waals surface area (Å²) in [6.45, 7) is 9.79. The van der Waals surface area contributed by atoms with Crippen molar-refractivity contribution >= 4 is 0 Å². The topological polar surface area (TPSA) is 15.7 Å². The second-order valence-electron chi connectivity index (χ2n) is 6.17. The van der Waals surface area contributed by atoms with Crippen molar-refractivity contribution in [1.82, 2.24) is 9.80 Å². The minimum Gasteiger partial charge on any atom is -0.379 e. The molecule has 1 unspecified atom stereocenters. The zero-order valence-corrected chi connectivity index (χ0v) is 12.6. The van der Waals surface area contributed by atoms with Crippen molar-refractivity contribution in [3.05, 3.63) is 35.4 Å². The van der Waals surface area contributed by atoms with Gasteiger partial charge in [-0.15, -0.1) is 0 Å². The van der Waals surface area contributed by atoms with E-state index in [0.717, 1.165) is 38.9 Å². The van der Waals surface area contributed by atoms with Crippen LogP contribution in [0.15, 0.2) is 24.3 Å². The summed E-state index contributed by atoms with van der Waals surface area (Å²) in [6.07, 6.45) is 2.68. The first-order valence-corrected chi connectivity index (χ1v) is 7.91. The Kier molecular flexibility index (Phi) is 4.71. The summed E-state index contributed by atoms with van der Waals surface area (Å²) in [4.78, 5) is 5.25. The molecule has 2 saturated heterocycles. The molecule has 0 N–H and O–H groups in total. The first-order chi connectivity index (χ1) is 9.81. The Bertz CT molecular complexity index is 429. The summed E-state index contributed by atoms with van der Waals surface area (Å²) in [6, 6.07) is 9.66. The second-order valence-corrected chi connectivity index (χ2v) is 6.17. The molecule has 3 heteroatoms. The number of hydrogen-bond donors (Lipinski definition) is 0. The van der Waals surface area contributed by atoms with Crippen molar-refractivity contribution in [3.8, 4) is 0 Å². The number of aryl methyl sites for hydroxylation is 1. The third-order valence-corrected chi connectivity index (χ3v) is 4.53. The highest BCUT2D eigenvalue weighted by Crippen LogP contribution is 2.19. The van der Waals surface area contributed by atoms with Crippen molar-refractivity contribution in [3.63, 3.8) is 0 Å². The molecular formula is C17H26N2O. The molecule has 0 saturated carbocycles. The Hall–Kier alpha value is -0.900. The summed E-state index contributed by atoms with van der Waals surface area (Å²) < 4.78 is 5.47. The van der Waals surface area contributed by atoms with Crippen LogP contribution in [0, 0.1) is 6.92 Å². The van der Waals surface area contributed by atoms with Crippen LogP contribution in [-0.4, -0.2) is 55.2 Å². The van der Waals surface area contributed by atoms with Crippen LogP contribution < -0.4 is 0 Å². The van der Waals surface area contributed by atoms with Gasteiger partial charge in [0, 0.05) is 32.2 Å². The van der Waals surface area contributed by atoms with Crippen LogP contribution in [0.5, 0.6) is 0 Å². The van der Waals surface area contributed by atoms with E-state index in [-0.39, 0.29) is 0 Å². The van der Waals surface area contributed by atoms with E-state index in [9.17, 15) is 0 Å². The molecule has 0 aromatic heterocycles. The molecule has 3 rings (SSSR count). The Morgan fingerprint density at radius 2 is 2.05 bits per heavy atom. The number of piperidine rings is 1. The van der Waals surface area contributed by atoms with Crippen molar-refractivity contribution in [2.24, 2.45) is 0 Å². The summed E-state index contributed by atoms with van der Waals surface area (Å²) in [5, 5.41) is 0. The van der Waals surface area contributed by atoms with Gasteiger partial charge in [-0.3, -0.25) is 9.80 Å². The summed E-state index contributed by atoms with van der Waals surface area (Å²) in [5.74, 6) is 0. The van der Waals surface area contributed by atoms with Gasteiger partial charge in [-0.05, 0) is 31.9 Å². The van der Waals surface area contributed by atoms with Gasteiger partial charge in [0.25, 0.3) is 0 Å². The van der Waals surface area contributed by atoms with Crippen LogP contribution in [0.25, 0.3) is 0 Å². The quantitative estimate of drug-likeness (QED) is 0.841. The van der Waals surface area contributed by atoms with E-state index in [4.69, 9.17) is 4.74 Å². The van der Waals surface area contributed by atoms with E-state index >= 15 is 0 Å². The molecule has 1 aromatic carbocycles. The first-order valence-electron chi connectivity index (χ1n) is 7.91. The maximum atomic E-state index is 5.47. The number of rotatable bonds is 3. The van der Waals surface area contributed by atoms with E-state index in [1.54, 1.807) is 0 Å². The molecule has 0 aliphatic carbocycles. The number of nitrogens with zero attached hydrogens (tertiary/aromatic N) is 2. The molecule has 2 aliphatic rings. The highest BCUT2D eigenvalue weighted by atomic mass is 16.5. The second kappa shape index (κ2) is 6.70. The fraction of sp³-hybridized carbons (Fsp3) is 0.647. The van der Waals surface area contributed by atoms with Gasteiger partial charge in [-0.25, -0.2) is 0 Å². The Labute approximate surface area is 122 Å². The molecule has 2 fully saturated rings. The lowest BCUT2D eigenvalue weighted by Gasteiger charge is -2.41. The van der Waals surface area contributed by atoms with Gasteiger partial charge in [0.2, 0.25) is 0 Å². The number of ether oxygens (including phenoxy) is 1. The van der Waals surface area contributed by atoms with Gasteiger partial charge in [-0.1, -0.05) is 29.8 Å². The average molecular weight is 274 g/mol. The van der Waals surface area contributed by atoms with Crippen LogP contribution in [0.2, 0.25) is 0 Å². The van der Waals surface area contributed by atoms with E-state index in [1.165, 1.54) is 37.1 Å². The minimum atomic E-state index is 0.734. The molecule has 3 nitrogen and oxygen atoms in total. The van der Waals surface area contributed by atoms with Gasteiger partial charge in [-0.2, -0.15) is 0 Å². The molecule has 0 bridgehead atoms. The Balaban J connectivity index is 1.57. The number of likely N-dealkylation sites (tertiary alicyclic amines) is 1. The minimum absolute atomic E-state index is 0.734. The van der Waals surface area contributed by atoms with Gasteiger partial charge < -0.3 is 4.74 Å². The molecule has 0 radical (unpaired) electrons. The van der Waals surface area contributed by atoms with Crippen LogP contribution in [0.3, 0.4) is 0 Å². The fourth-order valence-electron chi connectivity index (χ4n) is 3.48. The Morgan fingerprint density at radius 3 is 2.85 bits per heavy atom. The van der Waals surface area contributed by atoms with Gasteiger partial charge >= 0.3 is 0 Å². The van der Waals surface area contributed by atoms with Gasteiger partial charge in [0.1, 0.15) is 0 Å². The van der Waals surface area contributed by atoms with Crippen LogP contribution in [0.4, 0.5) is 0 Å². The highest BCUT2D eigenvalue weighted by Gasteiger charge is 2.26. The maximum Gasteiger partial charge on any atom is 0.0594 e. The summed E-state index contributed by atoms with van der Waals surface area (Å²) in [7, 11) is 0. The van der Waals surface area contributed by atoms with E-state index < -0.39 is 0 Å². The van der Waals surface area contributed by atoms with Crippen molar-refractivity contribution < 1.29 is 4.74 Å².